The second-order valence-electron chi connectivity index (χ2n) is 5.51. The Balaban J connectivity index is 2.40. The molecule has 0 saturated heterocycles. The molecule has 108 valence electrons. The molecule has 0 heterocycles. The first kappa shape index (κ1) is 14.6. The lowest BCUT2D eigenvalue weighted by Gasteiger charge is -2.32. The maximum Gasteiger partial charge on any atom is 0.317 e. The molecule has 20 heavy (non-hydrogen) atoms. The first-order valence-corrected chi connectivity index (χ1v) is 6.90. The first-order chi connectivity index (χ1) is 9.49. The zero-order chi connectivity index (χ0) is 14.8. The zero-order valence-corrected chi connectivity index (χ0v) is 11.9. The fourth-order valence-electron chi connectivity index (χ4n) is 2.95. The topological polar surface area (TPSA) is 63.6 Å². The van der Waals surface area contributed by atoms with Crippen LogP contribution in [0, 0.1) is 12.3 Å². The third kappa shape index (κ3) is 2.55. The van der Waals surface area contributed by atoms with Crippen LogP contribution in [-0.4, -0.2) is 24.0 Å². The minimum absolute atomic E-state index is 0.153. The fourth-order valence-corrected chi connectivity index (χ4v) is 2.95. The highest BCUT2D eigenvalue weighted by Gasteiger charge is 2.47. The molecule has 0 aromatic heterocycles. The highest BCUT2D eigenvalue weighted by atomic mass is 16.5. The summed E-state index contributed by atoms with van der Waals surface area (Å²) in [5, 5.41) is 9.59. The van der Waals surface area contributed by atoms with Crippen LogP contribution in [0.1, 0.15) is 36.8 Å². The molecule has 0 amide bonds. The van der Waals surface area contributed by atoms with E-state index in [1.165, 1.54) is 0 Å². The molecule has 2 rings (SSSR count). The zero-order valence-electron chi connectivity index (χ0n) is 11.9. The van der Waals surface area contributed by atoms with Gasteiger partial charge in [0.25, 0.3) is 0 Å². The van der Waals surface area contributed by atoms with Crippen LogP contribution in [0.4, 0.5) is 0 Å². The van der Waals surface area contributed by atoms with E-state index in [0.717, 1.165) is 24.0 Å². The number of benzene rings is 1. The second kappa shape index (κ2) is 5.65. The van der Waals surface area contributed by atoms with Crippen molar-refractivity contribution >= 4 is 11.8 Å². The Morgan fingerprint density at radius 3 is 2.75 bits per heavy atom. The normalized spacial score (nSPS) is 22.6. The van der Waals surface area contributed by atoms with Crippen molar-refractivity contribution in [3.05, 3.63) is 29.3 Å². The van der Waals surface area contributed by atoms with Crippen LogP contribution in [-0.2, 0) is 16.0 Å². The number of carbonyl (C=O) groups excluding carboxylic acids is 1. The number of ketones is 1. The summed E-state index contributed by atoms with van der Waals surface area (Å²) in [6.07, 6.45) is 2.57. The van der Waals surface area contributed by atoms with Crippen molar-refractivity contribution in [1.29, 1.82) is 0 Å². The lowest BCUT2D eigenvalue weighted by molar-refractivity contribution is -0.157. The summed E-state index contributed by atoms with van der Waals surface area (Å²) >= 11 is 0. The largest absolute Gasteiger partial charge is 0.496 e. The molecule has 1 aromatic carbocycles. The maximum absolute atomic E-state index is 12.2. The number of hydrogen-bond acceptors (Lipinski definition) is 3. The molecular formula is C16H20O4. The summed E-state index contributed by atoms with van der Waals surface area (Å²) in [5.41, 5.74) is 0.550. The summed E-state index contributed by atoms with van der Waals surface area (Å²) in [6, 6.07) is 5.65. The number of Topliss-reactive ketones (excluding diaryl/α,β-unsaturated/α-hetero) is 1. The van der Waals surface area contributed by atoms with E-state index in [4.69, 9.17) is 4.74 Å². The average Bonchev–Trinajstić information content (AvgIpc) is 2.41. The molecule has 1 fully saturated rings. The molecule has 4 heteroatoms. The van der Waals surface area contributed by atoms with Gasteiger partial charge in [0.05, 0.1) is 7.11 Å². The Hall–Kier alpha value is -1.84. The monoisotopic (exact) mass is 276 g/mol. The molecule has 4 nitrogen and oxygen atoms in total. The lowest BCUT2D eigenvalue weighted by atomic mass is 9.69. The van der Waals surface area contributed by atoms with Gasteiger partial charge in [0.1, 0.15) is 11.2 Å². The van der Waals surface area contributed by atoms with Crippen molar-refractivity contribution in [3.8, 4) is 5.75 Å². The van der Waals surface area contributed by atoms with E-state index in [-0.39, 0.29) is 12.2 Å². The SMILES string of the molecule is COc1ccc(C)cc1CC1(C(=O)O)CCCCC1=O. The Morgan fingerprint density at radius 1 is 1.40 bits per heavy atom. The molecule has 1 saturated carbocycles. The van der Waals surface area contributed by atoms with Crippen LogP contribution in [0.3, 0.4) is 0 Å². The molecule has 1 aliphatic rings. The molecule has 1 unspecified atom stereocenters. The van der Waals surface area contributed by atoms with Crippen molar-refractivity contribution in [2.45, 2.75) is 39.0 Å². The smallest absolute Gasteiger partial charge is 0.317 e. The van der Waals surface area contributed by atoms with E-state index >= 15 is 0 Å². The number of carboxylic acid groups (broad SMARTS) is 1. The van der Waals surface area contributed by atoms with Crippen molar-refractivity contribution in [1.82, 2.24) is 0 Å². The number of carboxylic acids is 1. The molecule has 0 aliphatic heterocycles. The minimum Gasteiger partial charge on any atom is -0.496 e. The lowest BCUT2D eigenvalue weighted by Crippen LogP contribution is -2.43. The summed E-state index contributed by atoms with van der Waals surface area (Å²) in [4.78, 5) is 23.9. The average molecular weight is 276 g/mol. The number of rotatable bonds is 4. The van der Waals surface area contributed by atoms with Gasteiger partial charge in [-0.25, -0.2) is 0 Å². The van der Waals surface area contributed by atoms with Crippen LogP contribution >= 0.6 is 0 Å². The summed E-state index contributed by atoms with van der Waals surface area (Å²) < 4.78 is 5.30. The summed E-state index contributed by atoms with van der Waals surface area (Å²) in [7, 11) is 1.56. The van der Waals surface area contributed by atoms with Gasteiger partial charge in [0, 0.05) is 6.42 Å². The van der Waals surface area contributed by atoms with Gasteiger partial charge in [-0.3, -0.25) is 9.59 Å². The minimum atomic E-state index is -1.28. The summed E-state index contributed by atoms with van der Waals surface area (Å²) in [5.74, 6) is -0.514. The maximum atomic E-state index is 12.2. The van der Waals surface area contributed by atoms with Gasteiger partial charge in [0.2, 0.25) is 0 Å². The van der Waals surface area contributed by atoms with Crippen molar-refractivity contribution < 1.29 is 19.4 Å². The molecule has 0 radical (unpaired) electrons. The summed E-state index contributed by atoms with van der Waals surface area (Å²) in [6.45, 7) is 1.94. The Labute approximate surface area is 118 Å². The Kier molecular flexibility index (Phi) is 4.12. The van der Waals surface area contributed by atoms with E-state index in [0.29, 0.717) is 18.6 Å². The number of methoxy groups -OCH3 is 1. The predicted octanol–water partition coefficient (Wildman–Crippen LogP) is 2.76. The molecule has 0 bridgehead atoms. The van der Waals surface area contributed by atoms with Crippen molar-refractivity contribution in [3.63, 3.8) is 0 Å². The van der Waals surface area contributed by atoms with E-state index < -0.39 is 11.4 Å². The van der Waals surface area contributed by atoms with E-state index in [9.17, 15) is 14.7 Å². The number of ether oxygens (including phenoxy) is 1. The van der Waals surface area contributed by atoms with Crippen molar-refractivity contribution in [2.75, 3.05) is 7.11 Å². The van der Waals surface area contributed by atoms with Gasteiger partial charge < -0.3 is 9.84 Å². The molecule has 1 atom stereocenters. The molecule has 1 aliphatic carbocycles. The standard InChI is InChI=1S/C16H20O4/c1-11-6-7-13(20-2)12(9-11)10-16(15(18)19)8-4-3-5-14(16)17/h6-7,9H,3-5,8,10H2,1-2H3,(H,18,19). The third-order valence-electron chi connectivity index (χ3n) is 4.13. The molecule has 0 spiro atoms. The Bertz CT molecular complexity index is 535. The quantitative estimate of drug-likeness (QED) is 0.859. The number of aryl methyl sites for hydroxylation is 1. The van der Waals surface area contributed by atoms with Crippen LogP contribution in [0.5, 0.6) is 5.75 Å². The van der Waals surface area contributed by atoms with Crippen molar-refractivity contribution in [2.24, 2.45) is 5.41 Å². The van der Waals surface area contributed by atoms with E-state index in [2.05, 4.69) is 0 Å². The number of carbonyl (C=O) groups is 2. The van der Waals surface area contributed by atoms with Crippen LogP contribution in [0.15, 0.2) is 18.2 Å². The molecule has 1 N–H and O–H groups in total. The van der Waals surface area contributed by atoms with E-state index in [1.54, 1.807) is 7.11 Å². The van der Waals surface area contributed by atoms with Gasteiger partial charge in [-0.05, 0) is 37.8 Å². The highest BCUT2D eigenvalue weighted by Crippen LogP contribution is 2.39. The van der Waals surface area contributed by atoms with Crippen LogP contribution < -0.4 is 4.74 Å². The van der Waals surface area contributed by atoms with Gasteiger partial charge >= 0.3 is 5.97 Å². The number of hydrogen-bond donors (Lipinski definition) is 1. The van der Waals surface area contributed by atoms with Gasteiger partial charge in [0.15, 0.2) is 5.78 Å². The Morgan fingerprint density at radius 2 is 2.15 bits per heavy atom. The van der Waals surface area contributed by atoms with Gasteiger partial charge in [-0.15, -0.1) is 0 Å². The number of aliphatic carboxylic acids is 1. The molecule has 1 aromatic rings. The van der Waals surface area contributed by atoms with Crippen LogP contribution in [0.25, 0.3) is 0 Å². The molecular weight excluding hydrogens is 256 g/mol. The van der Waals surface area contributed by atoms with E-state index in [1.807, 2.05) is 25.1 Å². The highest BCUT2D eigenvalue weighted by molar-refractivity contribution is 6.03. The van der Waals surface area contributed by atoms with Gasteiger partial charge in [-0.2, -0.15) is 0 Å². The predicted molar refractivity (Wildman–Crippen MR) is 75.0 cm³/mol. The first-order valence-electron chi connectivity index (χ1n) is 6.90. The van der Waals surface area contributed by atoms with Crippen LogP contribution in [0.2, 0.25) is 0 Å². The third-order valence-corrected chi connectivity index (χ3v) is 4.13. The second-order valence-corrected chi connectivity index (χ2v) is 5.51. The fraction of sp³-hybridized carbons (Fsp3) is 0.500. The van der Waals surface area contributed by atoms with Gasteiger partial charge in [-0.1, -0.05) is 24.1 Å².